The number of hydrogen-bond acceptors (Lipinski definition) is 6. The molecule has 8 heteroatoms. The van der Waals surface area contributed by atoms with Gasteiger partial charge in [-0.3, -0.25) is 9.59 Å². The average molecular weight is 575 g/mol. The number of fused-ring (bicyclic) bond motifs is 1. The summed E-state index contributed by atoms with van der Waals surface area (Å²) in [5.41, 5.74) is 5.85. The normalized spacial score (nSPS) is 20.6. The van der Waals surface area contributed by atoms with Gasteiger partial charge in [0.05, 0.1) is 24.0 Å². The standard InChI is InChI=1S/C32H35ClN4O2S/c1-21-10-11-22(33)17-26(21)35-12-14-36(15-13-35)29(39)20-37-25-8-5-4-7-23(25)34-24-18-32(2,3)19-27(38)30(24)31(37)28-9-6-16-40-28/h4-11,16-17,31,34H,12-15,18-20H2,1-3H3. The molecule has 3 heterocycles. The second-order valence-corrected chi connectivity index (χ2v) is 13.2. The molecule has 3 aromatic rings. The zero-order valence-corrected chi connectivity index (χ0v) is 24.8. The predicted octanol–water partition coefficient (Wildman–Crippen LogP) is 6.68. The molecule has 1 aliphatic carbocycles. The summed E-state index contributed by atoms with van der Waals surface area (Å²) >= 11 is 7.92. The Hall–Kier alpha value is -3.29. The van der Waals surface area contributed by atoms with Gasteiger partial charge in [0.2, 0.25) is 5.91 Å². The van der Waals surface area contributed by atoms with Crippen molar-refractivity contribution in [3.8, 4) is 0 Å². The first kappa shape index (κ1) is 26.9. The van der Waals surface area contributed by atoms with Gasteiger partial charge >= 0.3 is 0 Å². The number of thiophene rings is 1. The van der Waals surface area contributed by atoms with E-state index in [0.29, 0.717) is 19.5 Å². The maximum Gasteiger partial charge on any atom is 0.242 e. The first-order valence-corrected chi connectivity index (χ1v) is 15.2. The number of Topliss-reactive ketones (excluding diaryl/α,β-unsaturated/α-hetero) is 1. The summed E-state index contributed by atoms with van der Waals surface area (Å²) in [6.45, 7) is 9.38. The zero-order chi connectivity index (χ0) is 28.0. The summed E-state index contributed by atoms with van der Waals surface area (Å²) < 4.78 is 0. The van der Waals surface area contributed by atoms with E-state index >= 15 is 0 Å². The fraction of sp³-hybridized carbons (Fsp3) is 0.375. The Morgan fingerprint density at radius 1 is 1.02 bits per heavy atom. The highest BCUT2D eigenvalue weighted by molar-refractivity contribution is 7.10. The van der Waals surface area contributed by atoms with Gasteiger partial charge < -0.3 is 20.0 Å². The SMILES string of the molecule is Cc1ccc(Cl)cc1N1CCN(C(=O)CN2c3ccccc3NC3=C(C(=O)CC(C)(C)C3)C2c2cccs2)CC1. The van der Waals surface area contributed by atoms with Crippen molar-refractivity contribution >= 4 is 51.7 Å². The van der Waals surface area contributed by atoms with Gasteiger partial charge in [-0.05, 0) is 60.0 Å². The topological polar surface area (TPSA) is 55.9 Å². The molecule has 208 valence electrons. The highest BCUT2D eigenvalue weighted by atomic mass is 35.5. The van der Waals surface area contributed by atoms with Gasteiger partial charge in [0, 0.05) is 59.5 Å². The molecular weight excluding hydrogens is 540 g/mol. The van der Waals surface area contributed by atoms with Crippen LogP contribution in [0.4, 0.5) is 17.1 Å². The Morgan fingerprint density at radius 2 is 1.80 bits per heavy atom. The second kappa shape index (κ2) is 10.6. The van der Waals surface area contributed by atoms with E-state index in [0.717, 1.165) is 57.7 Å². The smallest absolute Gasteiger partial charge is 0.242 e. The largest absolute Gasteiger partial charge is 0.368 e. The van der Waals surface area contributed by atoms with Gasteiger partial charge in [-0.15, -0.1) is 11.3 Å². The van der Waals surface area contributed by atoms with Crippen LogP contribution in [-0.4, -0.2) is 49.3 Å². The first-order chi connectivity index (χ1) is 19.2. The lowest BCUT2D eigenvalue weighted by Gasteiger charge is -2.40. The fourth-order valence-corrected chi connectivity index (χ4v) is 7.35. The molecule has 0 spiro atoms. The maximum absolute atomic E-state index is 13.9. The quantitative estimate of drug-likeness (QED) is 0.377. The molecule has 3 aliphatic rings. The number of anilines is 3. The van der Waals surface area contributed by atoms with Crippen molar-refractivity contribution in [3.05, 3.63) is 86.7 Å². The predicted molar refractivity (Wildman–Crippen MR) is 165 cm³/mol. The number of carbonyl (C=O) groups excluding carboxylic acids is 2. The Balaban J connectivity index is 1.31. The van der Waals surface area contributed by atoms with E-state index in [2.05, 4.69) is 48.0 Å². The van der Waals surface area contributed by atoms with Gasteiger partial charge in [0.25, 0.3) is 0 Å². The average Bonchev–Trinajstić information content (AvgIpc) is 3.41. The number of halogens is 1. The molecule has 1 saturated heterocycles. The van der Waals surface area contributed by atoms with Crippen LogP contribution < -0.4 is 15.1 Å². The highest BCUT2D eigenvalue weighted by Crippen LogP contribution is 2.48. The van der Waals surface area contributed by atoms with Crippen molar-refractivity contribution in [1.82, 2.24) is 4.90 Å². The number of ketones is 1. The third kappa shape index (κ3) is 5.13. The van der Waals surface area contributed by atoms with Crippen LogP contribution in [-0.2, 0) is 9.59 Å². The number of nitrogens with zero attached hydrogens (tertiary/aromatic N) is 3. The van der Waals surface area contributed by atoms with E-state index in [1.54, 1.807) is 11.3 Å². The number of hydrogen-bond donors (Lipinski definition) is 1. The lowest BCUT2D eigenvalue weighted by atomic mass is 9.74. The van der Waals surface area contributed by atoms with Gasteiger partial charge in [-0.25, -0.2) is 0 Å². The van der Waals surface area contributed by atoms with E-state index in [1.165, 1.54) is 5.56 Å². The molecule has 6 nitrogen and oxygen atoms in total. The van der Waals surface area contributed by atoms with Crippen molar-refractivity contribution in [1.29, 1.82) is 0 Å². The Labute approximate surface area is 245 Å². The van der Waals surface area contributed by atoms with Crippen LogP contribution in [0.5, 0.6) is 0 Å². The summed E-state index contributed by atoms with van der Waals surface area (Å²) in [5.74, 6) is 0.236. The summed E-state index contributed by atoms with van der Waals surface area (Å²) in [7, 11) is 0. The lowest BCUT2D eigenvalue weighted by Crippen LogP contribution is -2.52. The number of amides is 1. The van der Waals surface area contributed by atoms with Crippen molar-refractivity contribution in [3.63, 3.8) is 0 Å². The Kier molecular flexibility index (Phi) is 7.13. The number of allylic oxidation sites excluding steroid dienone is 1. The summed E-state index contributed by atoms with van der Waals surface area (Å²) in [6.07, 6.45) is 1.29. The van der Waals surface area contributed by atoms with Gasteiger partial charge in [0.15, 0.2) is 5.78 Å². The van der Waals surface area contributed by atoms with Crippen molar-refractivity contribution < 1.29 is 9.59 Å². The monoisotopic (exact) mass is 574 g/mol. The van der Waals surface area contributed by atoms with Crippen molar-refractivity contribution in [2.24, 2.45) is 5.41 Å². The van der Waals surface area contributed by atoms with Gasteiger partial charge in [-0.2, -0.15) is 0 Å². The minimum atomic E-state index is -0.311. The summed E-state index contributed by atoms with van der Waals surface area (Å²) in [5, 5.41) is 6.41. The van der Waals surface area contributed by atoms with E-state index in [-0.39, 0.29) is 29.7 Å². The molecule has 1 fully saturated rings. The third-order valence-electron chi connectivity index (χ3n) is 8.27. The minimum absolute atomic E-state index is 0.0754. The number of aryl methyl sites for hydroxylation is 1. The van der Waals surface area contributed by atoms with Crippen LogP contribution in [0.25, 0.3) is 0 Å². The summed E-state index contributed by atoms with van der Waals surface area (Å²) in [6, 6.07) is 17.9. The number of benzene rings is 2. The van der Waals surface area contributed by atoms with Gasteiger partial charge in [-0.1, -0.05) is 49.7 Å². The van der Waals surface area contributed by atoms with Gasteiger partial charge in [0.1, 0.15) is 0 Å². The van der Waals surface area contributed by atoms with Crippen LogP contribution in [0.3, 0.4) is 0 Å². The molecule has 0 radical (unpaired) electrons. The minimum Gasteiger partial charge on any atom is -0.368 e. The molecule has 1 unspecified atom stereocenters. The number of rotatable bonds is 4. The molecule has 2 aliphatic heterocycles. The number of para-hydroxylation sites is 2. The van der Waals surface area contributed by atoms with Crippen molar-refractivity contribution in [2.75, 3.05) is 47.8 Å². The zero-order valence-electron chi connectivity index (χ0n) is 23.2. The first-order valence-electron chi connectivity index (χ1n) is 13.9. The Morgan fingerprint density at radius 3 is 2.55 bits per heavy atom. The van der Waals surface area contributed by atoms with Crippen LogP contribution in [0.1, 0.15) is 43.2 Å². The third-order valence-corrected chi connectivity index (χ3v) is 9.43. The number of piperazine rings is 1. The van der Waals surface area contributed by atoms with Crippen LogP contribution in [0.2, 0.25) is 5.02 Å². The van der Waals surface area contributed by atoms with E-state index in [9.17, 15) is 9.59 Å². The van der Waals surface area contributed by atoms with E-state index in [4.69, 9.17) is 11.6 Å². The van der Waals surface area contributed by atoms with Crippen LogP contribution in [0.15, 0.2) is 71.2 Å². The molecule has 1 N–H and O–H groups in total. The molecule has 2 aromatic carbocycles. The van der Waals surface area contributed by atoms with E-state index < -0.39 is 0 Å². The Bertz CT molecular complexity index is 1470. The van der Waals surface area contributed by atoms with E-state index in [1.807, 2.05) is 52.7 Å². The molecule has 1 aromatic heterocycles. The lowest BCUT2D eigenvalue weighted by molar-refractivity contribution is -0.130. The summed E-state index contributed by atoms with van der Waals surface area (Å²) in [4.78, 5) is 35.2. The maximum atomic E-state index is 13.9. The molecule has 6 rings (SSSR count). The number of carbonyl (C=O) groups is 2. The molecule has 0 bridgehead atoms. The van der Waals surface area contributed by atoms with Crippen LogP contribution >= 0.6 is 22.9 Å². The highest BCUT2D eigenvalue weighted by Gasteiger charge is 2.42. The molecule has 40 heavy (non-hydrogen) atoms. The second-order valence-electron chi connectivity index (χ2n) is 11.8. The van der Waals surface area contributed by atoms with Crippen molar-refractivity contribution in [2.45, 2.75) is 39.7 Å². The molecular formula is C32H35ClN4O2S. The fourth-order valence-electron chi connectivity index (χ4n) is 6.34. The van der Waals surface area contributed by atoms with Crippen LogP contribution in [0, 0.1) is 12.3 Å². The molecule has 1 amide bonds. The molecule has 0 saturated carbocycles. The molecule has 1 atom stereocenters. The number of nitrogens with one attached hydrogen (secondary N) is 1.